The molecule has 4 nitrogen and oxygen atoms in total. The van der Waals surface area contributed by atoms with Crippen LogP contribution in [0.25, 0.3) is 0 Å². The summed E-state index contributed by atoms with van der Waals surface area (Å²) in [5.74, 6) is -0.407. The predicted molar refractivity (Wildman–Crippen MR) is 69.9 cm³/mol. The third-order valence-corrected chi connectivity index (χ3v) is 3.27. The van der Waals surface area contributed by atoms with Crippen LogP contribution in [0.4, 0.5) is 0 Å². The fraction of sp³-hybridized carbons (Fsp3) is 0.846. The van der Waals surface area contributed by atoms with Gasteiger partial charge in [-0.2, -0.15) is 0 Å². The van der Waals surface area contributed by atoms with Gasteiger partial charge in [0, 0.05) is 0 Å². The van der Waals surface area contributed by atoms with Crippen molar-refractivity contribution in [1.29, 1.82) is 0 Å². The molecule has 2 atom stereocenters. The molecule has 0 aliphatic rings. The minimum absolute atomic E-state index is 0.169. The molecule has 0 aromatic carbocycles. The van der Waals surface area contributed by atoms with Crippen LogP contribution in [-0.4, -0.2) is 26.5 Å². The Balaban J connectivity index is 4.24. The second-order valence-electron chi connectivity index (χ2n) is 4.73. The first-order valence-electron chi connectivity index (χ1n) is 6.56. The Labute approximate surface area is 111 Å². The van der Waals surface area contributed by atoms with Crippen molar-refractivity contribution in [1.82, 2.24) is 0 Å². The van der Waals surface area contributed by atoms with Gasteiger partial charge in [0.25, 0.3) is 6.47 Å². The van der Waals surface area contributed by atoms with Crippen LogP contribution in [0.5, 0.6) is 0 Å². The van der Waals surface area contributed by atoms with Gasteiger partial charge in [-0.25, -0.2) is 0 Å². The summed E-state index contributed by atoms with van der Waals surface area (Å²) in [6, 6.07) is 0. The largest absolute Gasteiger partial charge is 0.438 e. The Bertz CT molecular complexity index is 257. The van der Waals surface area contributed by atoms with Crippen molar-refractivity contribution >= 4 is 20.3 Å². The number of hydrogen-bond acceptors (Lipinski definition) is 4. The Morgan fingerprint density at radius 3 is 2.50 bits per heavy atom. The molecule has 18 heavy (non-hydrogen) atoms. The number of rotatable bonds is 10. The van der Waals surface area contributed by atoms with Gasteiger partial charge >= 0.3 is 5.97 Å². The maximum Gasteiger partial charge on any atom is 0.314 e. The van der Waals surface area contributed by atoms with Crippen LogP contribution < -0.4 is 0 Å². The first kappa shape index (κ1) is 17.0. The Kier molecular flexibility index (Phi) is 8.51. The molecule has 0 saturated heterocycles. The molecule has 5 heteroatoms. The average molecular weight is 254 g/mol. The normalized spacial score (nSPS) is 15.5. The molecule has 2 unspecified atom stereocenters. The van der Waals surface area contributed by atoms with Gasteiger partial charge in [-0.15, -0.1) is 0 Å². The smallest absolute Gasteiger partial charge is 0.314 e. The van der Waals surface area contributed by atoms with E-state index in [-0.39, 0.29) is 6.47 Å². The lowest BCUT2D eigenvalue weighted by Crippen LogP contribution is -2.33. The van der Waals surface area contributed by atoms with Crippen molar-refractivity contribution in [3.63, 3.8) is 0 Å². The molecule has 0 bridgehead atoms. The zero-order chi connectivity index (χ0) is 14.0. The molecule has 2 radical (unpaired) electrons. The number of carbonyl (C=O) groups excluding carboxylic acids is 2. The molecule has 0 N–H and O–H groups in total. The van der Waals surface area contributed by atoms with Crippen molar-refractivity contribution in [2.75, 3.05) is 0 Å². The maximum absolute atomic E-state index is 11.9. The lowest BCUT2D eigenvalue weighted by molar-refractivity contribution is -0.176. The summed E-state index contributed by atoms with van der Waals surface area (Å²) in [5, 5.41) is 0. The Hall–Kier alpha value is -0.995. The van der Waals surface area contributed by atoms with E-state index < -0.39 is 17.6 Å². The van der Waals surface area contributed by atoms with E-state index in [1.807, 2.05) is 13.8 Å². The van der Waals surface area contributed by atoms with E-state index in [9.17, 15) is 9.59 Å². The van der Waals surface area contributed by atoms with Crippen molar-refractivity contribution in [2.24, 2.45) is 5.41 Å². The van der Waals surface area contributed by atoms with Crippen LogP contribution >= 0.6 is 0 Å². The van der Waals surface area contributed by atoms with Crippen LogP contribution in [0.2, 0.25) is 0 Å². The van der Waals surface area contributed by atoms with Crippen LogP contribution in [0.1, 0.15) is 59.3 Å². The van der Waals surface area contributed by atoms with Gasteiger partial charge < -0.3 is 9.47 Å². The molecule has 0 aromatic rings. The van der Waals surface area contributed by atoms with E-state index in [2.05, 4.69) is 11.7 Å². The Morgan fingerprint density at radius 1 is 1.33 bits per heavy atom. The second kappa shape index (κ2) is 9.00. The third kappa shape index (κ3) is 6.08. The molecule has 0 aliphatic heterocycles. The SMILES string of the molecule is [B]C(OC=O)OC(=O)C(C)(CC)CCCCCC. The minimum atomic E-state index is -1.31. The van der Waals surface area contributed by atoms with E-state index in [0.29, 0.717) is 6.42 Å². The highest BCUT2D eigenvalue weighted by Gasteiger charge is 2.33. The number of esters is 1. The summed E-state index contributed by atoms with van der Waals surface area (Å²) in [6.07, 6.45) is 4.54. The summed E-state index contributed by atoms with van der Waals surface area (Å²) < 4.78 is 9.24. The first-order valence-corrected chi connectivity index (χ1v) is 6.56. The lowest BCUT2D eigenvalue weighted by atomic mass is 9.82. The summed E-state index contributed by atoms with van der Waals surface area (Å²) >= 11 is 0. The highest BCUT2D eigenvalue weighted by molar-refractivity contribution is 6.11. The molecule has 102 valence electrons. The van der Waals surface area contributed by atoms with Gasteiger partial charge in [0.2, 0.25) is 0 Å². The zero-order valence-corrected chi connectivity index (χ0v) is 11.6. The molecule has 0 amide bonds. The Morgan fingerprint density at radius 2 is 2.00 bits per heavy atom. The van der Waals surface area contributed by atoms with E-state index in [1.165, 1.54) is 6.42 Å². The molecule has 0 saturated carbocycles. The van der Waals surface area contributed by atoms with Crippen molar-refractivity contribution in [3.8, 4) is 0 Å². The van der Waals surface area contributed by atoms with Gasteiger partial charge in [0.1, 0.15) is 0 Å². The van der Waals surface area contributed by atoms with Gasteiger partial charge in [0.15, 0.2) is 14.0 Å². The molecule has 0 spiro atoms. The first-order chi connectivity index (χ1) is 8.50. The topological polar surface area (TPSA) is 52.6 Å². The van der Waals surface area contributed by atoms with Crippen LogP contribution in [0.3, 0.4) is 0 Å². The predicted octanol–water partition coefficient (Wildman–Crippen LogP) is 2.54. The van der Waals surface area contributed by atoms with E-state index in [0.717, 1.165) is 25.7 Å². The van der Waals surface area contributed by atoms with Crippen LogP contribution in [0, 0.1) is 5.41 Å². The number of hydrogen-bond donors (Lipinski definition) is 0. The van der Waals surface area contributed by atoms with Crippen molar-refractivity contribution in [3.05, 3.63) is 0 Å². The highest BCUT2D eigenvalue weighted by Crippen LogP contribution is 2.30. The third-order valence-electron chi connectivity index (χ3n) is 3.27. The summed E-state index contributed by atoms with van der Waals surface area (Å²) in [4.78, 5) is 22.0. The van der Waals surface area contributed by atoms with Gasteiger partial charge in [-0.05, 0) is 19.8 Å². The molecular weight excluding hydrogens is 231 g/mol. The highest BCUT2D eigenvalue weighted by atomic mass is 16.7. The molecule has 0 rings (SSSR count). The molecule has 0 aliphatic carbocycles. The van der Waals surface area contributed by atoms with Crippen molar-refractivity contribution in [2.45, 2.75) is 65.5 Å². The molecule has 0 aromatic heterocycles. The molecule has 0 heterocycles. The fourth-order valence-corrected chi connectivity index (χ4v) is 1.70. The minimum Gasteiger partial charge on any atom is -0.438 e. The van der Waals surface area contributed by atoms with Crippen molar-refractivity contribution < 1.29 is 19.1 Å². The quantitative estimate of drug-likeness (QED) is 0.198. The van der Waals surface area contributed by atoms with E-state index in [1.54, 1.807) is 0 Å². The van der Waals surface area contributed by atoms with Gasteiger partial charge in [-0.3, -0.25) is 9.59 Å². The second-order valence-corrected chi connectivity index (χ2v) is 4.73. The average Bonchev–Trinajstić information content (AvgIpc) is 2.34. The summed E-state index contributed by atoms with van der Waals surface area (Å²) in [7, 11) is 5.32. The molecule has 0 fully saturated rings. The van der Waals surface area contributed by atoms with Gasteiger partial charge in [0.05, 0.1) is 5.41 Å². The number of ether oxygens (including phenoxy) is 2. The lowest BCUT2D eigenvalue weighted by Gasteiger charge is -2.27. The van der Waals surface area contributed by atoms with Crippen LogP contribution in [-0.2, 0) is 19.1 Å². The number of carbonyl (C=O) groups is 2. The van der Waals surface area contributed by atoms with E-state index in [4.69, 9.17) is 12.6 Å². The fourth-order valence-electron chi connectivity index (χ4n) is 1.70. The number of unbranched alkanes of at least 4 members (excludes halogenated alkanes) is 3. The summed E-state index contributed by atoms with van der Waals surface area (Å²) in [6.45, 7) is 6.10. The maximum atomic E-state index is 11.9. The van der Waals surface area contributed by atoms with Gasteiger partial charge in [-0.1, -0.05) is 39.5 Å². The summed E-state index contributed by atoms with van der Waals surface area (Å²) in [5.41, 5.74) is -0.558. The standard InChI is InChI=1S/C13H23BO4/c1-4-6-7-8-9-13(3,5-2)11(16)18-12(14)17-10-15/h10,12H,4-9H2,1-3H3. The van der Waals surface area contributed by atoms with E-state index >= 15 is 0 Å². The zero-order valence-electron chi connectivity index (χ0n) is 11.6. The monoisotopic (exact) mass is 254 g/mol. The molecular formula is C13H23BO4. The van der Waals surface area contributed by atoms with Crippen LogP contribution in [0.15, 0.2) is 0 Å².